The lowest BCUT2D eigenvalue weighted by Gasteiger charge is -2.18. The van der Waals surface area contributed by atoms with Crippen LogP contribution in [0.15, 0.2) is 12.2 Å². The van der Waals surface area contributed by atoms with Gasteiger partial charge in [-0.3, -0.25) is 0 Å². The number of fused-ring (bicyclic) bond motifs is 2. The van der Waals surface area contributed by atoms with Crippen LogP contribution in [0, 0.1) is 0 Å². The van der Waals surface area contributed by atoms with Gasteiger partial charge in [-0.1, -0.05) is 12.2 Å². The molecule has 13 heavy (non-hydrogen) atoms. The monoisotopic (exact) mass is 201 g/mol. The number of ether oxygens (including phenoxy) is 1. The Balaban J connectivity index is 1.68. The Kier molecular flexibility index (Phi) is 3.25. The van der Waals surface area contributed by atoms with Crippen molar-refractivity contribution in [3.63, 3.8) is 0 Å². The molecule has 0 aromatic heterocycles. The summed E-state index contributed by atoms with van der Waals surface area (Å²) in [6, 6.07) is 0.582. The number of rotatable bonds is 4. The second kappa shape index (κ2) is 4.45. The fourth-order valence-electron chi connectivity index (χ4n) is 2.22. The summed E-state index contributed by atoms with van der Waals surface area (Å²) in [6.07, 6.45) is 8.78. The zero-order valence-corrected chi connectivity index (χ0v) is 8.46. The predicted octanol–water partition coefficient (Wildman–Crippen LogP) is 1.69. The lowest BCUT2D eigenvalue weighted by Crippen LogP contribution is -2.37. The minimum absolute atomic E-state index is 0.481. The maximum atomic E-state index is 5.73. The molecule has 2 heterocycles. The molecular weight excluding hydrogens is 186 g/mol. The molecule has 0 aromatic carbocycles. The van der Waals surface area contributed by atoms with E-state index in [2.05, 4.69) is 11.4 Å². The first-order valence-corrected chi connectivity index (χ1v) is 5.53. The van der Waals surface area contributed by atoms with E-state index >= 15 is 0 Å². The van der Waals surface area contributed by atoms with Crippen LogP contribution in [0.25, 0.3) is 0 Å². The fourth-order valence-corrected chi connectivity index (χ4v) is 2.34. The van der Waals surface area contributed by atoms with Gasteiger partial charge in [-0.25, -0.2) is 0 Å². The van der Waals surface area contributed by atoms with Gasteiger partial charge in [0.25, 0.3) is 0 Å². The highest BCUT2D eigenvalue weighted by molar-refractivity contribution is 6.18. The zero-order valence-electron chi connectivity index (χ0n) is 7.71. The van der Waals surface area contributed by atoms with Gasteiger partial charge in [0.1, 0.15) is 0 Å². The summed E-state index contributed by atoms with van der Waals surface area (Å²) in [5.41, 5.74) is 0. The van der Waals surface area contributed by atoms with Gasteiger partial charge in [-0.2, -0.15) is 0 Å². The van der Waals surface area contributed by atoms with Crippen LogP contribution in [-0.2, 0) is 4.74 Å². The molecule has 2 rings (SSSR count). The minimum Gasteiger partial charge on any atom is -0.373 e. The molecule has 3 unspecified atom stereocenters. The summed E-state index contributed by atoms with van der Waals surface area (Å²) in [6.45, 7) is 0.921. The molecule has 2 aliphatic rings. The quantitative estimate of drug-likeness (QED) is 0.552. The Labute approximate surface area is 84.3 Å². The van der Waals surface area contributed by atoms with Gasteiger partial charge >= 0.3 is 0 Å². The molecule has 0 aromatic rings. The van der Waals surface area contributed by atoms with Gasteiger partial charge in [0, 0.05) is 18.5 Å². The number of halogens is 1. The van der Waals surface area contributed by atoms with Crippen LogP contribution in [0.5, 0.6) is 0 Å². The van der Waals surface area contributed by atoms with Crippen LogP contribution in [-0.4, -0.2) is 30.7 Å². The summed E-state index contributed by atoms with van der Waals surface area (Å²) >= 11 is 5.52. The van der Waals surface area contributed by atoms with E-state index in [-0.39, 0.29) is 0 Å². The molecule has 1 N–H and O–H groups in total. The average Bonchev–Trinajstić information content (AvgIpc) is 2.73. The number of hydrogen-bond donors (Lipinski definition) is 1. The smallest absolute Gasteiger partial charge is 0.0733 e. The molecule has 3 atom stereocenters. The highest BCUT2D eigenvalue weighted by Crippen LogP contribution is 2.34. The zero-order chi connectivity index (χ0) is 9.10. The summed E-state index contributed by atoms with van der Waals surface area (Å²) in [4.78, 5) is 0. The summed E-state index contributed by atoms with van der Waals surface area (Å²) in [5, 5.41) is 3.48. The molecule has 2 saturated heterocycles. The Hall–Kier alpha value is -0.0500. The number of allylic oxidation sites excluding steroid dienone is 1. The SMILES string of the molecule is ClC/C=C/CNC1CC2CCC1O2. The van der Waals surface area contributed by atoms with Gasteiger partial charge in [0.2, 0.25) is 0 Å². The molecule has 2 aliphatic heterocycles. The van der Waals surface area contributed by atoms with E-state index in [0.717, 1.165) is 6.54 Å². The van der Waals surface area contributed by atoms with Gasteiger partial charge in [-0.05, 0) is 19.3 Å². The molecule has 0 amide bonds. The molecule has 0 spiro atoms. The van der Waals surface area contributed by atoms with Gasteiger partial charge in [0.15, 0.2) is 0 Å². The second-order valence-corrected chi connectivity index (χ2v) is 4.06. The topological polar surface area (TPSA) is 21.3 Å². The molecule has 2 fully saturated rings. The van der Waals surface area contributed by atoms with Crippen LogP contribution in [0.3, 0.4) is 0 Å². The van der Waals surface area contributed by atoms with Gasteiger partial charge < -0.3 is 10.1 Å². The number of nitrogens with one attached hydrogen (secondary N) is 1. The second-order valence-electron chi connectivity index (χ2n) is 3.75. The first-order chi connectivity index (χ1) is 6.40. The van der Waals surface area contributed by atoms with Crippen molar-refractivity contribution in [3.8, 4) is 0 Å². The minimum atomic E-state index is 0.481. The van der Waals surface area contributed by atoms with Crippen LogP contribution < -0.4 is 5.32 Å². The van der Waals surface area contributed by atoms with Crippen molar-refractivity contribution < 1.29 is 4.74 Å². The van der Waals surface area contributed by atoms with E-state index in [1.807, 2.05) is 6.08 Å². The van der Waals surface area contributed by atoms with E-state index in [9.17, 15) is 0 Å². The van der Waals surface area contributed by atoms with Crippen LogP contribution in [0.2, 0.25) is 0 Å². The number of hydrogen-bond acceptors (Lipinski definition) is 2. The Morgan fingerprint density at radius 2 is 2.31 bits per heavy atom. The third kappa shape index (κ3) is 2.25. The maximum Gasteiger partial charge on any atom is 0.0733 e. The van der Waals surface area contributed by atoms with E-state index in [4.69, 9.17) is 16.3 Å². The van der Waals surface area contributed by atoms with E-state index in [1.165, 1.54) is 19.3 Å². The Bertz CT molecular complexity index is 195. The molecule has 2 nitrogen and oxygen atoms in total. The summed E-state index contributed by atoms with van der Waals surface area (Å²) < 4.78 is 5.73. The average molecular weight is 202 g/mol. The highest BCUT2D eigenvalue weighted by atomic mass is 35.5. The Morgan fingerprint density at radius 3 is 2.92 bits per heavy atom. The largest absolute Gasteiger partial charge is 0.373 e. The molecule has 0 aliphatic carbocycles. The normalized spacial score (nSPS) is 37.8. The van der Waals surface area contributed by atoms with Gasteiger partial charge in [0.05, 0.1) is 12.2 Å². The summed E-state index contributed by atoms with van der Waals surface area (Å²) in [7, 11) is 0. The lowest BCUT2D eigenvalue weighted by atomic mass is 9.95. The molecule has 2 bridgehead atoms. The van der Waals surface area contributed by atoms with E-state index in [1.54, 1.807) is 0 Å². The molecule has 0 saturated carbocycles. The standard InChI is InChI=1S/C10H16ClNO/c11-5-1-2-6-12-9-7-8-3-4-10(9)13-8/h1-2,8-10,12H,3-7H2/b2-1+. The lowest BCUT2D eigenvalue weighted by molar-refractivity contribution is 0.0978. The maximum absolute atomic E-state index is 5.73. The van der Waals surface area contributed by atoms with Crippen molar-refractivity contribution in [2.75, 3.05) is 12.4 Å². The van der Waals surface area contributed by atoms with Crippen molar-refractivity contribution in [1.82, 2.24) is 5.32 Å². The van der Waals surface area contributed by atoms with E-state index < -0.39 is 0 Å². The van der Waals surface area contributed by atoms with Crippen molar-refractivity contribution in [1.29, 1.82) is 0 Å². The van der Waals surface area contributed by atoms with Crippen LogP contribution >= 0.6 is 11.6 Å². The van der Waals surface area contributed by atoms with Crippen molar-refractivity contribution in [3.05, 3.63) is 12.2 Å². The first-order valence-electron chi connectivity index (χ1n) is 5.00. The molecule has 3 heteroatoms. The number of alkyl halides is 1. The van der Waals surface area contributed by atoms with Crippen molar-refractivity contribution >= 4 is 11.6 Å². The van der Waals surface area contributed by atoms with Crippen LogP contribution in [0.4, 0.5) is 0 Å². The van der Waals surface area contributed by atoms with E-state index in [0.29, 0.717) is 24.1 Å². The highest BCUT2D eigenvalue weighted by Gasteiger charge is 2.39. The van der Waals surface area contributed by atoms with Crippen LogP contribution in [0.1, 0.15) is 19.3 Å². The van der Waals surface area contributed by atoms with Crippen molar-refractivity contribution in [2.45, 2.75) is 37.5 Å². The predicted molar refractivity (Wildman–Crippen MR) is 54.2 cm³/mol. The fraction of sp³-hybridized carbons (Fsp3) is 0.800. The summed E-state index contributed by atoms with van der Waals surface area (Å²) in [5.74, 6) is 0.606. The third-order valence-electron chi connectivity index (χ3n) is 2.86. The molecule has 0 radical (unpaired) electrons. The third-order valence-corrected chi connectivity index (χ3v) is 3.04. The molecule has 74 valence electrons. The Morgan fingerprint density at radius 1 is 1.38 bits per heavy atom. The molecular formula is C10H16ClNO. The first kappa shape index (κ1) is 9.50. The van der Waals surface area contributed by atoms with Crippen molar-refractivity contribution in [2.24, 2.45) is 0 Å². The van der Waals surface area contributed by atoms with Gasteiger partial charge in [-0.15, -0.1) is 11.6 Å².